The molecule has 5 rings (SSSR count). The molecule has 1 unspecified atom stereocenters. The molecule has 1 atom stereocenters. The summed E-state index contributed by atoms with van der Waals surface area (Å²) >= 11 is 6.15. The van der Waals surface area contributed by atoms with Crippen molar-refractivity contribution in [2.45, 2.75) is 26.3 Å². The van der Waals surface area contributed by atoms with Crippen LogP contribution in [0.15, 0.2) is 108 Å². The largest absolute Gasteiger partial charge is 0.328 e. The van der Waals surface area contributed by atoms with Crippen LogP contribution in [0.4, 0.5) is 0 Å². The number of aryl methyl sites for hydroxylation is 1. The van der Waals surface area contributed by atoms with E-state index in [-0.39, 0.29) is 11.5 Å². The first-order valence-corrected chi connectivity index (χ1v) is 13.0. The van der Waals surface area contributed by atoms with Gasteiger partial charge < -0.3 is 4.90 Å². The molecule has 0 aliphatic rings. The third-order valence-electron chi connectivity index (χ3n) is 6.85. The molecule has 5 nitrogen and oxygen atoms in total. The number of rotatable bonds is 7. The van der Waals surface area contributed by atoms with Crippen LogP contribution in [-0.4, -0.2) is 26.9 Å². The van der Waals surface area contributed by atoms with Gasteiger partial charge in [0.25, 0.3) is 11.5 Å². The molecular formula is C32H28ClN3O2. The molecule has 0 radical (unpaired) electrons. The maximum atomic E-state index is 14.0. The first kappa shape index (κ1) is 25.4. The van der Waals surface area contributed by atoms with Crippen LogP contribution in [0.2, 0.25) is 5.02 Å². The van der Waals surface area contributed by atoms with Crippen molar-refractivity contribution in [1.82, 2.24) is 14.5 Å². The number of hydrogen-bond acceptors (Lipinski definition) is 3. The molecule has 0 N–H and O–H groups in total. The number of nitrogens with zero attached hydrogens (tertiary/aromatic N) is 3. The fourth-order valence-electron chi connectivity index (χ4n) is 4.74. The molecule has 0 spiro atoms. The van der Waals surface area contributed by atoms with E-state index in [0.29, 0.717) is 46.0 Å². The lowest BCUT2D eigenvalue weighted by Gasteiger charge is -2.31. The van der Waals surface area contributed by atoms with Crippen LogP contribution < -0.4 is 5.56 Å². The van der Waals surface area contributed by atoms with Crippen LogP contribution >= 0.6 is 11.6 Å². The first-order chi connectivity index (χ1) is 18.4. The van der Waals surface area contributed by atoms with Crippen molar-refractivity contribution in [2.75, 3.05) is 6.54 Å². The van der Waals surface area contributed by atoms with Gasteiger partial charge in [0.2, 0.25) is 0 Å². The normalized spacial score (nSPS) is 11.9. The van der Waals surface area contributed by atoms with E-state index in [0.717, 1.165) is 11.1 Å². The van der Waals surface area contributed by atoms with Gasteiger partial charge >= 0.3 is 0 Å². The smallest absolute Gasteiger partial charge is 0.266 e. The first-order valence-electron chi connectivity index (χ1n) is 12.6. The van der Waals surface area contributed by atoms with Gasteiger partial charge in [-0.3, -0.25) is 14.2 Å². The summed E-state index contributed by atoms with van der Waals surface area (Å²) in [6.07, 6.45) is 0.668. The topological polar surface area (TPSA) is 55.2 Å². The molecule has 4 aromatic carbocycles. The van der Waals surface area contributed by atoms with Crippen LogP contribution in [0, 0.1) is 6.92 Å². The van der Waals surface area contributed by atoms with E-state index in [1.165, 1.54) is 0 Å². The highest BCUT2D eigenvalue weighted by atomic mass is 35.5. The summed E-state index contributed by atoms with van der Waals surface area (Å²) < 4.78 is 1.60. The Labute approximate surface area is 227 Å². The Morgan fingerprint density at radius 1 is 0.895 bits per heavy atom. The highest BCUT2D eigenvalue weighted by Gasteiger charge is 2.28. The summed E-state index contributed by atoms with van der Waals surface area (Å²) in [4.78, 5) is 34.6. The van der Waals surface area contributed by atoms with Gasteiger partial charge in [0.1, 0.15) is 5.82 Å². The Kier molecular flexibility index (Phi) is 7.38. The Hall–Kier alpha value is -4.22. The molecule has 6 heteroatoms. The van der Waals surface area contributed by atoms with Gasteiger partial charge in [0.15, 0.2) is 0 Å². The molecule has 0 bridgehead atoms. The second kappa shape index (κ2) is 11.0. The lowest BCUT2D eigenvalue weighted by atomic mass is 10.0. The molecule has 0 saturated heterocycles. The van der Waals surface area contributed by atoms with E-state index in [2.05, 4.69) is 12.1 Å². The van der Waals surface area contributed by atoms with E-state index in [9.17, 15) is 9.59 Å². The zero-order valence-corrected chi connectivity index (χ0v) is 22.1. The quantitative estimate of drug-likeness (QED) is 0.237. The number of amides is 1. The summed E-state index contributed by atoms with van der Waals surface area (Å²) in [5, 5.41) is 1.09. The number of para-hydroxylation sites is 1. The summed E-state index contributed by atoms with van der Waals surface area (Å²) in [6, 6.07) is 31.5. The van der Waals surface area contributed by atoms with Gasteiger partial charge in [0.05, 0.1) is 22.6 Å². The highest BCUT2D eigenvalue weighted by Crippen LogP contribution is 2.26. The highest BCUT2D eigenvalue weighted by molar-refractivity contribution is 6.30. The molecular weight excluding hydrogens is 494 g/mol. The summed E-state index contributed by atoms with van der Waals surface area (Å²) in [6.45, 7) is 4.33. The van der Waals surface area contributed by atoms with Gasteiger partial charge in [-0.25, -0.2) is 4.98 Å². The Morgan fingerprint density at radius 2 is 1.55 bits per heavy atom. The van der Waals surface area contributed by atoms with Gasteiger partial charge in [0, 0.05) is 17.1 Å². The monoisotopic (exact) mass is 521 g/mol. The number of fused-ring (bicyclic) bond motifs is 1. The number of halogens is 1. The molecule has 1 heterocycles. The van der Waals surface area contributed by atoms with E-state index in [4.69, 9.17) is 16.6 Å². The van der Waals surface area contributed by atoms with Crippen LogP contribution in [-0.2, 0) is 6.42 Å². The zero-order chi connectivity index (χ0) is 26.6. The van der Waals surface area contributed by atoms with Crippen molar-refractivity contribution >= 4 is 28.4 Å². The minimum absolute atomic E-state index is 0.100. The maximum absolute atomic E-state index is 14.0. The number of hydrogen-bond donors (Lipinski definition) is 0. The number of carbonyl (C=O) groups is 1. The number of carbonyl (C=O) groups excluding carboxylic acids is 1. The number of aromatic nitrogens is 2. The lowest BCUT2D eigenvalue weighted by Crippen LogP contribution is -2.39. The average molecular weight is 522 g/mol. The zero-order valence-electron chi connectivity index (χ0n) is 21.3. The fourth-order valence-corrected chi connectivity index (χ4v) is 4.87. The van der Waals surface area contributed by atoms with Crippen molar-refractivity contribution in [3.63, 3.8) is 0 Å². The molecule has 5 aromatic rings. The van der Waals surface area contributed by atoms with Crippen molar-refractivity contribution < 1.29 is 4.79 Å². The van der Waals surface area contributed by atoms with Crippen molar-refractivity contribution in [2.24, 2.45) is 0 Å². The van der Waals surface area contributed by atoms with Crippen LogP contribution in [0.1, 0.15) is 40.3 Å². The Bertz CT molecular complexity index is 1650. The molecule has 0 fully saturated rings. The Morgan fingerprint density at radius 3 is 2.29 bits per heavy atom. The second-order valence-electron chi connectivity index (χ2n) is 9.33. The molecule has 38 heavy (non-hydrogen) atoms. The minimum atomic E-state index is -0.501. The van der Waals surface area contributed by atoms with Gasteiger partial charge in [-0.05, 0) is 73.9 Å². The molecule has 0 aliphatic heterocycles. The van der Waals surface area contributed by atoms with Crippen molar-refractivity contribution in [3.8, 4) is 5.69 Å². The van der Waals surface area contributed by atoms with E-state index >= 15 is 0 Å². The van der Waals surface area contributed by atoms with Gasteiger partial charge in [-0.15, -0.1) is 0 Å². The standard InChI is InChI=1S/C32H28ClN3O2/c1-22-10-6-7-13-27(22)31(37)35(21-20-24-11-4-3-5-12-24)23(2)30-34-29-15-9-8-14-28(29)32(38)36(30)26-18-16-25(33)17-19-26/h3-19,23H,20-21H2,1-2H3. The molecule has 1 aromatic heterocycles. The van der Waals surface area contributed by atoms with Crippen molar-refractivity contribution in [1.29, 1.82) is 0 Å². The predicted molar refractivity (Wildman–Crippen MR) is 153 cm³/mol. The molecule has 0 aliphatic carbocycles. The maximum Gasteiger partial charge on any atom is 0.266 e. The number of benzene rings is 4. The fraction of sp³-hybridized carbons (Fsp3) is 0.156. The van der Waals surface area contributed by atoms with E-state index in [1.807, 2.05) is 79.4 Å². The van der Waals surface area contributed by atoms with E-state index in [1.54, 1.807) is 34.9 Å². The summed E-state index contributed by atoms with van der Waals surface area (Å²) in [7, 11) is 0. The van der Waals surface area contributed by atoms with E-state index < -0.39 is 6.04 Å². The SMILES string of the molecule is Cc1ccccc1C(=O)N(CCc1ccccc1)C(C)c1nc2ccccc2c(=O)n1-c1ccc(Cl)cc1. The summed E-state index contributed by atoms with van der Waals surface area (Å²) in [5.74, 6) is 0.391. The third-order valence-corrected chi connectivity index (χ3v) is 7.10. The van der Waals surface area contributed by atoms with Crippen molar-refractivity contribution in [3.05, 3.63) is 141 Å². The molecule has 0 saturated carbocycles. The van der Waals surface area contributed by atoms with Crippen LogP contribution in [0.5, 0.6) is 0 Å². The predicted octanol–water partition coefficient (Wildman–Crippen LogP) is 6.79. The van der Waals surface area contributed by atoms with Crippen LogP contribution in [0.3, 0.4) is 0 Å². The Balaban J connectivity index is 1.66. The summed E-state index contributed by atoms with van der Waals surface area (Å²) in [5.41, 5.74) is 3.71. The second-order valence-corrected chi connectivity index (χ2v) is 9.77. The van der Waals surface area contributed by atoms with Crippen LogP contribution in [0.25, 0.3) is 16.6 Å². The third kappa shape index (κ3) is 5.11. The van der Waals surface area contributed by atoms with Gasteiger partial charge in [-0.1, -0.05) is 72.3 Å². The molecule has 1 amide bonds. The van der Waals surface area contributed by atoms with Gasteiger partial charge in [-0.2, -0.15) is 0 Å². The average Bonchev–Trinajstić information content (AvgIpc) is 2.94. The lowest BCUT2D eigenvalue weighted by molar-refractivity contribution is 0.0683. The molecule has 190 valence electrons. The minimum Gasteiger partial charge on any atom is -0.328 e.